The van der Waals surface area contributed by atoms with Crippen LogP contribution >= 0.6 is 22.7 Å². The molecule has 2 N–H and O–H groups in total. The number of nitrogens with zero attached hydrogens (tertiary/aromatic N) is 2. The van der Waals surface area contributed by atoms with E-state index < -0.39 is 15.8 Å². The number of carbonyl (C=O) groups is 1. The molecule has 0 amide bonds. The zero-order valence-corrected chi connectivity index (χ0v) is 24.4. The number of anilines is 4. The minimum absolute atomic E-state index is 0.0196. The van der Waals surface area contributed by atoms with Crippen LogP contribution in [0.25, 0.3) is 20.2 Å². The molecule has 214 valence electrons. The molecule has 0 aliphatic carbocycles. The Balaban J connectivity index is 1.19. The van der Waals surface area contributed by atoms with Gasteiger partial charge in [-0.25, -0.2) is 4.79 Å². The Hall–Kier alpha value is -5.33. The molecule has 0 bridgehead atoms. The molecular weight excluding hydrogens is 588 g/mol. The van der Waals surface area contributed by atoms with Gasteiger partial charge in [-0.1, -0.05) is 24.3 Å². The van der Waals surface area contributed by atoms with Crippen molar-refractivity contribution in [2.24, 2.45) is 0 Å². The van der Waals surface area contributed by atoms with Crippen molar-refractivity contribution in [3.05, 3.63) is 122 Å². The van der Waals surface area contributed by atoms with Crippen molar-refractivity contribution in [3.63, 3.8) is 0 Å². The second-order valence-electron chi connectivity index (χ2n) is 9.77. The van der Waals surface area contributed by atoms with Crippen molar-refractivity contribution in [3.8, 4) is 5.75 Å². The zero-order valence-electron chi connectivity index (χ0n) is 22.7. The Kier molecular flexibility index (Phi) is 7.22. The highest BCUT2D eigenvalue weighted by molar-refractivity contribution is 7.23. The highest BCUT2D eigenvalue weighted by Crippen LogP contribution is 2.38. The number of rotatable bonds is 8. The Bertz CT molecular complexity index is 2080. The first kappa shape index (κ1) is 27.8. The van der Waals surface area contributed by atoms with Gasteiger partial charge in [0.1, 0.15) is 17.1 Å². The number of carbonyl (C=O) groups excluding carboxylic acids is 1. The number of benzene rings is 4. The molecule has 0 saturated heterocycles. The molecule has 0 radical (unpaired) electrons. The second kappa shape index (κ2) is 11.2. The van der Waals surface area contributed by atoms with Crippen molar-refractivity contribution in [2.45, 2.75) is 13.8 Å². The lowest BCUT2D eigenvalue weighted by Gasteiger charge is -2.06. The molecule has 2 heterocycles. The van der Waals surface area contributed by atoms with Crippen LogP contribution in [0.2, 0.25) is 0 Å². The Morgan fingerprint density at radius 3 is 1.74 bits per heavy atom. The predicted molar refractivity (Wildman–Crippen MR) is 171 cm³/mol. The van der Waals surface area contributed by atoms with Gasteiger partial charge < -0.3 is 15.4 Å². The van der Waals surface area contributed by atoms with Crippen molar-refractivity contribution in [1.29, 1.82) is 0 Å². The summed E-state index contributed by atoms with van der Waals surface area (Å²) in [6.45, 7) is 3.39. The third-order valence-electron chi connectivity index (χ3n) is 6.81. The summed E-state index contributed by atoms with van der Waals surface area (Å²) in [6.07, 6.45) is 0. The molecule has 4 aromatic carbocycles. The maximum atomic E-state index is 13.0. The van der Waals surface area contributed by atoms with Crippen LogP contribution < -0.4 is 15.4 Å². The fourth-order valence-electron chi connectivity index (χ4n) is 4.81. The van der Waals surface area contributed by atoms with Crippen LogP contribution in [-0.4, -0.2) is 15.8 Å². The second-order valence-corrected chi connectivity index (χ2v) is 11.9. The highest BCUT2D eigenvalue weighted by atomic mass is 32.1. The van der Waals surface area contributed by atoms with Crippen LogP contribution in [0, 0.1) is 34.1 Å². The van der Waals surface area contributed by atoms with E-state index in [0.29, 0.717) is 38.8 Å². The van der Waals surface area contributed by atoms with Crippen molar-refractivity contribution in [2.75, 3.05) is 10.6 Å². The summed E-state index contributed by atoms with van der Waals surface area (Å²) in [6, 6.07) is 24.4. The Morgan fingerprint density at radius 1 is 0.698 bits per heavy atom. The van der Waals surface area contributed by atoms with Gasteiger partial charge in [-0.2, -0.15) is 0 Å². The molecule has 0 aliphatic rings. The molecule has 0 unspecified atom stereocenters. The van der Waals surface area contributed by atoms with E-state index in [1.807, 2.05) is 24.3 Å². The molecule has 10 nitrogen and oxygen atoms in total. The first-order chi connectivity index (χ1) is 20.7. The van der Waals surface area contributed by atoms with Crippen molar-refractivity contribution in [1.82, 2.24) is 0 Å². The van der Waals surface area contributed by atoms with Gasteiger partial charge in [0.25, 0.3) is 11.4 Å². The summed E-state index contributed by atoms with van der Waals surface area (Å²) in [7, 11) is 0. The average Bonchev–Trinajstić information content (AvgIpc) is 3.54. The molecule has 0 spiro atoms. The molecule has 0 fully saturated rings. The number of para-hydroxylation sites is 2. The number of aryl methyl sites for hydroxylation is 2. The van der Waals surface area contributed by atoms with Crippen LogP contribution in [0.4, 0.5) is 32.8 Å². The summed E-state index contributed by atoms with van der Waals surface area (Å²) in [5.74, 6) is -0.164. The lowest BCUT2D eigenvalue weighted by molar-refractivity contribution is -0.384. The van der Waals surface area contributed by atoms with E-state index in [0.717, 1.165) is 25.2 Å². The summed E-state index contributed by atoms with van der Waals surface area (Å²) in [4.78, 5) is 35.4. The van der Waals surface area contributed by atoms with Crippen LogP contribution in [-0.2, 0) is 0 Å². The standard InChI is InChI=1S/C31H22N4O6S2/c1-17-5-3-7-23(29(17)34(37)38)32-27-15-20-13-19(9-11-25(20)42-27)31(36)41-22-10-12-26-21(14-22)16-28(43-26)33-24-8-4-6-18(2)30(24)35(39)40/h3-16,32-33H,1-2H3. The number of nitro benzene ring substituents is 2. The molecule has 0 saturated carbocycles. The lowest BCUT2D eigenvalue weighted by atomic mass is 10.1. The number of fused-ring (bicyclic) bond motifs is 2. The number of nitro groups is 2. The van der Waals surface area contributed by atoms with E-state index in [-0.39, 0.29) is 11.4 Å². The van der Waals surface area contributed by atoms with Crippen molar-refractivity contribution >= 4 is 81.6 Å². The fourth-order valence-corrected chi connectivity index (χ4v) is 6.73. The van der Waals surface area contributed by atoms with Gasteiger partial charge in [-0.05, 0) is 85.3 Å². The lowest BCUT2D eigenvalue weighted by Crippen LogP contribution is -2.08. The van der Waals surface area contributed by atoms with Crippen LogP contribution in [0.3, 0.4) is 0 Å². The summed E-state index contributed by atoms with van der Waals surface area (Å²) in [5, 5.41) is 32.5. The van der Waals surface area contributed by atoms with E-state index in [9.17, 15) is 25.0 Å². The first-order valence-electron chi connectivity index (χ1n) is 13.0. The van der Waals surface area contributed by atoms with E-state index >= 15 is 0 Å². The minimum atomic E-state index is -0.528. The molecule has 6 aromatic rings. The number of hydrogen-bond donors (Lipinski definition) is 2. The smallest absolute Gasteiger partial charge is 0.343 e. The van der Waals surface area contributed by atoms with Gasteiger partial charge in [0, 0.05) is 20.5 Å². The minimum Gasteiger partial charge on any atom is -0.423 e. The van der Waals surface area contributed by atoms with Gasteiger partial charge in [0.2, 0.25) is 0 Å². The summed E-state index contributed by atoms with van der Waals surface area (Å²) < 4.78 is 7.51. The van der Waals surface area contributed by atoms with Gasteiger partial charge in [-0.3, -0.25) is 20.2 Å². The largest absolute Gasteiger partial charge is 0.423 e. The molecule has 43 heavy (non-hydrogen) atoms. The molecule has 2 aromatic heterocycles. The fraction of sp³-hybridized carbons (Fsp3) is 0.0645. The van der Waals surface area contributed by atoms with E-state index in [2.05, 4.69) is 10.6 Å². The Labute approximate surface area is 252 Å². The van der Waals surface area contributed by atoms with E-state index in [1.54, 1.807) is 74.5 Å². The van der Waals surface area contributed by atoms with E-state index in [1.165, 1.54) is 22.7 Å². The number of nitrogens with one attached hydrogen (secondary N) is 2. The van der Waals surface area contributed by atoms with Crippen LogP contribution in [0.15, 0.2) is 84.9 Å². The van der Waals surface area contributed by atoms with E-state index in [4.69, 9.17) is 4.74 Å². The number of esters is 1. The maximum Gasteiger partial charge on any atom is 0.343 e. The van der Waals surface area contributed by atoms with Crippen LogP contribution in [0.5, 0.6) is 5.75 Å². The first-order valence-corrected chi connectivity index (χ1v) is 14.6. The molecule has 0 atom stereocenters. The SMILES string of the molecule is Cc1cccc(Nc2cc3cc(OC(=O)c4ccc5sc(Nc6cccc(C)c6[N+](=O)[O-])cc5c4)ccc3s2)c1[N+](=O)[O-]. The quantitative estimate of drug-likeness (QED) is 0.0753. The Morgan fingerprint density at radius 2 is 1.21 bits per heavy atom. The normalized spacial score (nSPS) is 11.0. The number of hydrogen-bond acceptors (Lipinski definition) is 10. The number of ether oxygens (including phenoxy) is 1. The zero-order chi connectivity index (χ0) is 30.2. The molecule has 0 aliphatic heterocycles. The van der Waals surface area contributed by atoms with Gasteiger partial charge in [-0.15, -0.1) is 22.7 Å². The maximum absolute atomic E-state index is 13.0. The van der Waals surface area contributed by atoms with Gasteiger partial charge in [0.05, 0.1) is 25.4 Å². The highest BCUT2D eigenvalue weighted by Gasteiger charge is 2.19. The monoisotopic (exact) mass is 610 g/mol. The van der Waals surface area contributed by atoms with Crippen molar-refractivity contribution < 1.29 is 19.4 Å². The number of thiophene rings is 2. The third kappa shape index (κ3) is 5.61. The molecule has 12 heteroatoms. The predicted octanol–water partition coefficient (Wildman–Crippen LogP) is 9.26. The van der Waals surface area contributed by atoms with Crippen LogP contribution in [0.1, 0.15) is 21.5 Å². The average molecular weight is 611 g/mol. The molecular formula is C31H22N4O6S2. The summed E-state index contributed by atoms with van der Waals surface area (Å²) in [5.41, 5.74) is 2.33. The topological polar surface area (TPSA) is 137 Å². The van der Waals surface area contributed by atoms with Gasteiger partial charge in [0.15, 0.2) is 0 Å². The van der Waals surface area contributed by atoms with Gasteiger partial charge >= 0.3 is 5.97 Å². The summed E-state index contributed by atoms with van der Waals surface area (Å²) >= 11 is 2.86. The molecule has 6 rings (SSSR count). The third-order valence-corrected chi connectivity index (χ3v) is 8.87.